The van der Waals surface area contributed by atoms with Gasteiger partial charge in [-0.3, -0.25) is 0 Å². The summed E-state index contributed by atoms with van der Waals surface area (Å²) in [6.07, 6.45) is 0. The number of guanidine groups is 1. The van der Waals surface area contributed by atoms with Crippen LogP contribution in [-0.2, 0) is 6.54 Å². The van der Waals surface area contributed by atoms with Gasteiger partial charge < -0.3 is 10.6 Å². The van der Waals surface area contributed by atoms with E-state index in [1.54, 1.807) is 0 Å². The Balaban J connectivity index is 1.63. The highest BCUT2D eigenvalue weighted by Gasteiger charge is 2.32. The molecule has 3 heteroatoms. The summed E-state index contributed by atoms with van der Waals surface area (Å²) in [4.78, 5) is 5.03. The molecule has 0 bridgehead atoms. The Kier molecular flexibility index (Phi) is 4.93. The van der Waals surface area contributed by atoms with Gasteiger partial charge in [0.2, 0.25) is 0 Å². The Morgan fingerprint density at radius 1 is 0.778 bits per heavy atom. The van der Waals surface area contributed by atoms with Crippen molar-refractivity contribution in [2.24, 2.45) is 4.99 Å². The zero-order valence-corrected chi connectivity index (χ0v) is 15.8. The summed E-state index contributed by atoms with van der Waals surface area (Å²) in [5.41, 5.74) is 6.37. The van der Waals surface area contributed by atoms with Gasteiger partial charge in [-0.05, 0) is 41.7 Å². The first-order valence-corrected chi connectivity index (χ1v) is 9.45. The zero-order valence-electron chi connectivity index (χ0n) is 15.8. The summed E-state index contributed by atoms with van der Waals surface area (Å²) in [6, 6.07) is 27.7. The Morgan fingerprint density at radius 3 is 2.04 bits per heavy atom. The van der Waals surface area contributed by atoms with Gasteiger partial charge in [0.05, 0.1) is 6.04 Å². The monoisotopic (exact) mass is 355 g/mol. The molecule has 27 heavy (non-hydrogen) atoms. The van der Waals surface area contributed by atoms with E-state index in [1.807, 2.05) is 6.07 Å². The van der Waals surface area contributed by atoms with E-state index >= 15 is 0 Å². The second kappa shape index (κ2) is 7.67. The lowest BCUT2D eigenvalue weighted by Crippen LogP contribution is -2.35. The molecule has 0 aromatic heterocycles. The maximum Gasteiger partial charge on any atom is 0.192 e. The van der Waals surface area contributed by atoms with Gasteiger partial charge in [0.25, 0.3) is 0 Å². The summed E-state index contributed by atoms with van der Waals surface area (Å²) >= 11 is 0. The standard InChI is InChI=1S/C24H25N3/c1-17-10-6-8-14-20(17)22-23(21-15-9-7-11-18(21)2)27-24(26-22)25-16-19-12-4-3-5-13-19/h3-15,22-23H,16H2,1-2H3,(H2,25,26,27). The van der Waals surface area contributed by atoms with Crippen molar-refractivity contribution >= 4 is 5.96 Å². The fourth-order valence-electron chi connectivity index (χ4n) is 3.71. The second-order valence-electron chi connectivity index (χ2n) is 7.10. The van der Waals surface area contributed by atoms with Crippen molar-refractivity contribution < 1.29 is 0 Å². The molecule has 0 amide bonds. The molecule has 136 valence electrons. The van der Waals surface area contributed by atoms with E-state index in [-0.39, 0.29) is 12.1 Å². The molecular formula is C24H25N3. The SMILES string of the molecule is Cc1ccccc1C1N=C(NCc2ccccc2)NC1c1ccccc1C. The first-order valence-electron chi connectivity index (χ1n) is 9.45. The molecule has 0 saturated heterocycles. The zero-order chi connectivity index (χ0) is 18.6. The largest absolute Gasteiger partial charge is 0.352 e. The van der Waals surface area contributed by atoms with Crippen LogP contribution in [0.5, 0.6) is 0 Å². The maximum absolute atomic E-state index is 5.03. The third-order valence-corrected chi connectivity index (χ3v) is 5.21. The van der Waals surface area contributed by atoms with E-state index in [1.165, 1.54) is 27.8 Å². The molecule has 3 aromatic carbocycles. The van der Waals surface area contributed by atoms with E-state index < -0.39 is 0 Å². The van der Waals surface area contributed by atoms with Crippen LogP contribution in [0.25, 0.3) is 0 Å². The molecule has 1 aliphatic rings. The minimum absolute atomic E-state index is 0.0607. The Hall–Kier alpha value is -3.07. The third-order valence-electron chi connectivity index (χ3n) is 5.21. The number of aliphatic imine (C=N–C) groups is 1. The van der Waals surface area contributed by atoms with E-state index in [0.29, 0.717) is 0 Å². The molecule has 2 N–H and O–H groups in total. The minimum atomic E-state index is 0.0607. The number of hydrogen-bond donors (Lipinski definition) is 2. The van der Waals surface area contributed by atoms with Crippen LogP contribution in [0.2, 0.25) is 0 Å². The van der Waals surface area contributed by atoms with E-state index in [2.05, 4.69) is 97.3 Å². The van der Waals surface area contributed by atoms with E-state index in [4.69, 9.17) is 4.99 Å². The molecule has 3 aromatic rings. The van der Waals surface area contributed by atoms with Gasteiger partial charge in [0.1, 0.15) is 6.04 Å². The quantitative estimate of drug-likeness (QED) is 0.703. The average molecular weight is 355 g/mol. The molecule has 0 radical (unpaired) electrons. The van der Waals surface area contributed by atoms with Crippen LogP contribution in [-0.4, -0.2) is 5.96 Å². The lowest BCUT2D eigenvalue weighted by molar-refractivity contribution is 0.565. The van der Waals surface area contributed by atoms with Gasteiger partial charge in [-0.2, -0.15) is 0 Å². The van der Waals surface area contributed by atoms with Crippen molar-refractivity contribution in [3.8, 4) is 0 Å². The summed E-state index contributed by atoms with van der Waals surface area (Å²) in [6.45, 7) is 5.09. The highest BCUT2D eigenvalue weighted by Crippen LogP contribution is 2.38. The molecule has 3 nitrogen and oxygen atoms in total. The molecule has 2 unspecified atom stereocenters. The van der Waals surface area contributed by atoms with Gasteiger partial charge >= 0.3 is 0 Å². The van der Waals surface area contributed by atoms with Crippen molar-refractivity contribution in [1.29, 1.82) is 0 Å². The van der Waals surface area contributed by atoms with Crippen molar-refractivity contribution in [2.75, 3.05) is 0 Å². The van der Waals surface area contributed by atoms with Crippen molar-refractivity contribution in [1.82, 2.24) is 10.6 Å². The smallest absolute Gasteiger partial charge is 0.192 e. The molecule has 2 atom stereocenters. The molecule has 1 aliphatic heterocycles. The van der Waals surface area contributed by atoms with Crippen LogP contribution in [0.4, 0.5) is 0 Å². The summed E-state index contributed by atoms with van der Waals surface area (Å²) in [5, 5.41) is 7.11. The predicted molar refractivity (Wildman–Crippen MR) is 112 cm³/mol. The molecule has 0 aliphatic carbocycles. The number of nitrogens with zero attached hydrogens (tertiary/aromatic N) is 1. The molecule has 0 fully saturated rings. The molecule has 4 rings (SSSR count). The number of aryl methyl sites for hydroxylation is 2. The first-order chi connectivity index (χ1) is 13.2. The van der Waals surface area contributed by atoms with Crippen molar-refractivity contribution in [2.45, 2.75) is 32.5 Å². The molecular weight excluding hydrogens is 330 g/mol. The lowest BCUT2D eigenvalue weighted by atomic mass is 9.90. The topological polar surface area (TPSA) is 36.4 Å². The van der Waals surface area contributed by atoms with Crippen LogP contribution >= 0.6 is 0 Å². The molecule has 1 heterocycles. The van der Waals surface area contributed by atoms with Crippen LogP contribution in [0.1, 0.15) is 39.9 Å². The second-order valence-corrected chi connectivity index (χ2v) is 7.10. The fraction of sp³-hybridized carbons (Fsp3) is 0.208. The Morgan fingerprint density at radius 2 is 1.37 bits per heavy atom. The number of nitrogens with one attached hydrogen (secondary N) is 2. The molecule has 0 saturated carbocycles. The Bertz CT molecular complexity index is 947. The fourth-order valence-corrected chi connectivity index (χ4v) is 3.71. The van der Waals surface area contributed by atoms with Crippen LogP contribution in [0, 0.1) is 13.8 Å². The number of rotatable bonds is 4. The molecule has 0 spiro atoms. The van der Waals surface area contributed by atoms with Gasteiger partial charge in [-0.1, -0.05) is 78.9 Å². The highest BCUT2D eigenvalue weighted by atomic mass is 15.3. The summed E-state index contributed by atoms with van der Waals surface area (Å²) in [7, 11) is 0. The highest BCUT2D eigenvalue weighted by molar-refractivity contribution is 5.83. The van der Waals surface area contributed by atoms with Crippen LogP contribution in [0.3, 0.4) is 0 Å². The van der Waals surface area contributed by atoms with Gasteiger partial charge in [0.15, 0.2) is 5.96 Å². The maximum atomic E-state index is 5.03. The van der Waals surface area contributed by atoms with Crippen LogP contribution in [0.15, 0.2) is 83.9 Å². The average Bonchev–Trinajstić information content (AvgIpc) is 3.12. The third kappa shape index (κ3) is 3.72. The number of hydrogen-bond acceptors (Lipinski definition) is 3. The van der Waals surface area contributed by atoms with E-state index in [9.17, 15) is 0 Å². The summed E-state index contributed by atoms with van der Waals surface area (Å²) < 4.78 is 0. The van der Waals surface area contributed by atoms with Gasteiger partial charge in [-0.25, -0.2) is 4.99 Å². The van der Waals surface area contributed by atoms with E-state index in [0.717, 1.165) is 12.5 Å². The minimum Gasteiger partial charge on any atom is -0.352 e. The predicted octanol–water partition coefficient (Wildman–Crippen LogP) is 4.83. The summed E-state index contributed by atoms with van der Waals surface area (Å²) in [5.74, 6) is 0.861. The van der Waals surface area contributed by atoms with Crippen molar-refractivity contribution in [3.05, 3.63) is 107 Å². The van der Waals surface area contributed by atoms with Crippen molar-refractivity contribution in [3.63, 3.8) is 0 Å². The van der Waals surface area contributed by atoms with Gasteiger partial charge in [0, 0.05) is 6.54 Å². The first kappa shape index (κ1) is 17.3. The van der Waals surface area contributed by atoms with Gasteiger partial charge in [-0.15, -0.1) is 0 Å². The lowest BCUT2D eigenvalue weighted by Gasteiger charge is -2.22. The normalized spacial score (nSPS) is 18.7. The number of benzene rings is 3. The van der Waals surface area contributed by atoms with Crippen LogP contribution < -0.4 is 10.6 Å². The Labute approximate surface area is 161 Å².